The normalized spacial score (nSPS) is 17.1. The molecule has 1 aliphatic heterocycles. The van der Waals surface area contributed by atoms with Gasteiger partial charge in [-0.25, -0.2) is 17.2 Å². The fourth-order valence-electron chi connectivity index (χ4n) is 1.97. The van der Waals surface area contributed by atoms with Gasteiger partial charge < -0.3 is 9.47 Å². The van der Waals surface area contributed by atoms with E-state index in [0.717, 1.165) is 12.8 Å². The molecule has 1 heterocycles. The molecule has 1 saturated heterocycles. The van der Waals surface area contributed by atoms with Crippen molar-refractivity contribution in [1.29, 1.82) is 0 Å². The van der Waals surface area contributed by atoms with Crippen molar-refractivity contribution in [2.45, 2.75) is 17.7 Å². The van der Waals surface area contributed by atoms with Gasteiger partial charge in [0.15, 0.2) is 11.6 Å². The van der Waals surface area contributed by atoms with E-state index in [1.54, 1.807) is 0 Å². The molecule has 0 atom stereocenters. The number of rotatable bonds is 4. The fraction of sp³-hybridized carbons (Fsp3) is 0.500. The molecule has 1 aliphatic rings. The monoisotopic (exact) mass is 326 g/mol. The fourth-order valence-corrected chi connectivity index (χ4v) is 2.95. The molecule has 8 heteroatoms. The highest BCUT2D eigenvalue weighted by molar-refractivity contribution is 8.13. The van der Waals surface area contributed by atoms with Gasteiger partial charge in [0.2, 0.25) is 0 Å². The van der Waals surface area contributed by atoms with Crippen LogP contribution in [0, 0.1) is 17.6 Å². The molecule has 0 unspecified atom stereocenters. The van der Waals surface area contributed by atoms with Gasteiger partial charge in [0.1, 0.15) is 10.7 Å². The summed E-state index contributed by atoms with van der Waals surface area (Å²) in [5.74, 6) is -2.51. The number of hydrogen-bond acceptors (Lipinski definition) is 4. The maximum Gasteiger partial charge on any atom is 0.265 e. The predicted molar refractivity (Wildman–Crippen MR) is 68.4 cm³/mol. The largest absolute Gasteiger partial charge is 0.489 e. The smallest absolute Gasteiger partial charge is 0.265 e. The zero-order chi connectivity index (χ0) is 14.8. The average molecular weight is 327 g/mol. The highest BCUT2D eigenvalue weighted by Gasteiger charge is 2.24. The van der Waals surface area contributed by atoms with E-state index in [-0.39, 0.29) is 12.5 Å². The first-order valence-electron chi connectivity index (χ1n) is 6.02. The van der Waals surface area contributed by atoms with E-state index in [1.807, 2.05) is 0 Å². The minimum atomic E-state index is -4.29. The lowest BCUT2D eigenvalue weighted by Crippen LogP contribution is -2.22. The van der Waals surface area contributed by atoms with Crippen LogP contribution in [0.3, 0.4) is 0 Å². The molecule has 20 heavy (non-hydrogen) atoms. The minimum absolute atomic E-state index is 0.130. The summed E-state index contributed by atoms with van der Waals surface area (Å²) < 4.78 is 59.9. The number of hydrogen-bond donors (Lipinski definition) is 0. The first kappa shape index (κ1) is 15.5. The highest BCUT2D eigenvalue weighted by atomic mass is 35.7. The summed E-state index contributed by atoms with van der Waals surface area (Å²) in [7, 11) is 0.879. The van der Waals surface area contributed by atoms with E-state index < -0.39 is 31.3 Å². The van der Waals surface area contributed by atoms with Crippen molar-refractivity contribution >= 4 is 19.7 Å². The summed E-state index contributed by atoms with van der Waals surface area (Å²) >= 11 is 0. The van der Waals surface area contributed by atoms with Crippen LogP contribution >= 0.6 is 10.7 Å². The summed E-state index contributed by atoms with van der Waals surface area (Å²) in [6, 6.07) is 1.20. The lowest BCUT2D eigenvalue weighted by Gasteiger charge is -2.22. The Labute approximate surface area is 120 Å². The Morgan fingerprint density at radius 3 is 2.55 bits per heavy atom. The molecule has 0 amide bonds. The van der Waals surface area contributed by atoms with Crippen molar-refractivity contribution in [1.82, 2.24) is 0 Å². The van der Waals surface area contributed by atoms with Gasteiger partial charge in [0, 0.05) is 30.0 Å². The van der Waals surface area contributed by atoms with Gasteiger partial charge in [0.05, 0.1) is 6.61 Å². The van der Waals surface area contributed by atoms with Crippen molar-refractivity contribution in [3.05, 3.63) is 23.8 Å². The lowest BCUT2D eigenvalue weighted by molar-refractivity contribution is 0.0486. The van der Waals surface area contributed by atoms with E-state index >= 15 is 0 Å². The molecule has 1 fully saturated rings. The molecule has 0 N–H and O–H groups in total. The zero-order valence-corrected chi connectivity index (χ0v) is 12.0. The van der Waals surface area contributed by atoms with Gasteiger partial charge in [-0.2, -0.15) is 0 Å². The Balaban J connectivity index is 2.21. The average Bonchev–Trinajstić information content (AvgIpc) is 2.37. The summed E-state index contributed by atoms with van der Waals surface area (Å²) in [5.41, 5.74) is 0. The number of ether oxygens (including phenoxy) is 2. The Bertz CT molecular complexity index is 585. The van der Waals surface area contributed by atoms with E-state index in [0.29, 0.717) is 25.3 Å². The van der Waals surface area contributed by atoms with Gasteiger partial charge in [-0.1, -0.05) is 0 Å². The van der Waals surface area contributed by atoms with Crippen LogP contribution in [0.15, 0.2) is 17.0 Å². The molecule has 0 aromatic heterocycles. The Morgan fingerprint density at radius 2 is 1.95 bits per heavy atom. The van der Waals surface area contributed by atoms with Crippen LogP contribution in [0.2, 0.25) is 0 Å². The van der Waals surface area contributed by atoms with Crippen molar-refractivity contribution in [3.8, 4) is 5.75 Å². The second-order valence-electron chi connectivity index (χ2n) is 4.52. The Hall–Kier alpha value is -0.920. The topological polar surface area (TPSA) is 52.6 Å². The van der Waals surface area contributed by atoms with E-state index in [1.165, 1.54) is 0 Å². The standard InChI is InChI=1S/C12H13ClF2O4S/c13-20(16,17)11-6-9(14)5-10(15)12(11)19-7-8-1-3-18-4-2-8/h5-6,8H,1-4,7H2. The molecule has 0 aliphatic carbocycles. The van der Waals surface area contributed by atoms with E-state index in [9.17, 15) is 17.2 Å². The number of benzene rings is 1. The first-order valence-corrected chi connectivity index (χ1v) is 8.33. The predicted octanol–water partition coefficient (Wildman–Crippen LogP) is 2.70. The van der Waals surface area contributed by atoms with E-state index in [2.05, 4.69) is 0 Å². The second-order valence-corrected chi connectivity index (χ2v) is 7.05. The lowest BCUT2D eigenvalue weighted by atomic mass is 10.0. The van der Waals surface area contributed by atoms with Crippen LogP contribution in [0.4, 0.5) is 8.78 Å². The van der Waals surface area contributed by atoms with Crippen molar-refractivity contribution < 1.29 is 26.7 Å². The van der Waals surface area contributed by atoms with Gasteiger partial charge in [0.25, 0.3) is 9.05 Å². The van der Waals surface area contributed by atoms with Gasteiger partial charge in [-0.05, 0) is 24.8 Å². The molecule has 0 saturated carbocycles. The zero-order valence-electron chi connectivity index (χ0n) is 10.4. The summed E-state index contributed by atoms with van der Waals surface area (Å²) in [4.78, 5) is -0.691. The summed E-state index contributed by atoms with van der Waals surface area (Å²) in [6.07, 6.45) is 1.48. The molecule has 0 radical (unpaired) electrons. The SMILES string of the molecule is O=S(=O)(Cl)c1cc(F)cc(F)c1OCC1CCOCC1. The molecule has 2 rings (SSSR count). The molecule has 0 spiro atoms. The second kappa shape index (κ2) is 6.24. The molecule has 1 aromatic carbocycles. The van der Waals surface area contributed by atoms with Gasteiger partial charge >= 0.3 is 0 Å². The van der Waals surface area contributed by atoms with Crippen LogP contribution in [0.25, 0.3) is 0 Å². The molecule has 1 aromatic rings. The maximum absolute atomic E-state index is 13.7. The number of halogens is 3. The third-order valence-corrected chi connectivity index (χ3v) is 4.37. The van der Waals surface area contributed by atoms with Gasteiger partial charge in [-0.15, -0.1) is 0 Å². The summed E-state index contributed by atoms with van der Waals surface area (Å²) in [5, 5.41) is 0. The van der Waals surface area contributed by atoms with Crippen molar-refractivity contribution in [2.24, 2.45) is 5.92 Å². The van der Waals surface area contributed by atoms with Crippen molar-refractivity contribution in [2.75, 3.05) is 19.8 Å². The van der Waals surface area contributed by atoms with Crippen LogP contribution in [0.1, 0.15) is 12.8 Å². The van der Waals surface area contributed by atoms with Gasteiger partial charge in [-0.3, -0.25) is 0 Å². The molecular formula is C12H13ClF2O4S. The Morgan fingerprint density at radius 1 is 1.30 bits per heavy atom. The quantitative estimate of drug-likeness (QED) is 0.798. The van der Waals surface area contributed by atoms with Crippen molar-refractivity contribution in [3.63, 3.8) is 0 Å². The third-order valence-electron chi connectivity index (χ3n) is 3.04. The minimum Gasteiger partial charge on any atom is -0.489 e. The third kappa shape index (κ3) is 3.80. The first-order chi connectivity index (χ1) is 9.38. The maximum atomic E-state index is 13.7. The van der Waals surface area contributed by atoms with Crippen LogP contribution in [0.5, 0.6) is 5.75 Å². The molecular weight excluding hydrogens is 314 g/mol. The van der Waals surface area contributed by atoms with E-state index in [4.69, 9.17) is 20.2 Å². The van der Waals surface area contributed by atoms with Crippen LogP contribution in [-0.2, 0) is 13.8 Å². The highest BCUT2D eigenvalue weighted by Crippen LogP contribution is 2.31. The summed E-state index contributed by atoms with van der Waals surface area (Å²) in [6.45, 7) is 1.30. The Kier molecular flexibility index (Phi) is 4.82. The van der Waals surface area contributed by atoms with Crippen LogP contribution < -0.4 is 4.74 Å². The molecule has 0 bridgehead atoms. The van der Waals surface area contributed by atoms with Crippen LogP contribution in [-0.4, -0.2) is 28.2 Å². The molecule has 112 valence electrons. The molecule has 4 nitrogen and oxygen atoms in total.